The maximum absolute atomic E-state index is 12.8. The Morgan fingerprint density at radius 2 is 2.10 bits per heavy atom. The molecule has 21 heavy (non-hydrogen) atoms. The standard InChI is InChI=1S/C15H21BrN4O/c1-9(2)19-5-6-20-12(8-19)15(21)18(4)13-10(3)11(16)7-17-14(13)20/h7,9,12H,5-6,8H2,1-4H3. The Hall–Kier alpha value is -1.14. The molecule has 1 unspecified atom stereocenters. The van der Waals surface area contributed by atoms with Crippen LogP contribution in [0.3, 0.4) is 0 Å². The van der Waals surface area contributed by atoms with Crippen molar-refractivity contribution in [3.8, 4) is 0 Å². The fraction of sp³-hybridized carbons (Fsp3) is 0.600. The van der Waals surface area contributed by atoms with Crippen LogP contribution in [0.2, 0.25) is 0 Å². The lowest BCUT2D eigenvalue weighted by Gasteiger charge is -2.47. The molecule has 0 bridgehead atoms. The van der Waals surface area contributed by atoms with Crippen LogP contribution >= 0.6 is 15.9 Å². The third-order valence-corrected chi connectivity index (χ3v) is 5.39. The highest BCUT2D eigenvalue weighted by Crippen LogP contribution is 2.39. The molecule has 1 amide bonds. The minimum absolute atomic E-state index is 0.119. The molecule has 1 aromatic heterocycles. The molecule has 3 rings (SSSR count). The quantitative estimate of drug-likeness (QED) is 0.775. The van der Waals surface area contributed by atoms with Gasteiger partial charge in [0.25, 0.3) is 5.91 Å². The molecule has 0 radical (unpaired) electrons. The molecular formula is C15H21BrN4O. The summed E-state index contributed by atoms with van der Waals surface area (Å²) in [4.78, 5) is 23.7. The third kappa shape index (κ3) is 2.25. The van der Waals surface area contributed by atoms with Crippen molar-refractivity contribution in [3.63, 3.8) is 0 Å². The maximum Gasteiger partial charge on any atom is 0.250 e. The van der Waals surface area contributed by atoms with Crippen LogP contribution in [0, 0.1) is 6.92 Å². The molecular weight excluding hydrogens is 332 g/mol. The number of fused-ring (bicyclic) bond motifs is 3. The maximum atomic E-state index is 12.8. The number of piperazine rings is 1. The van der Waals surface area contributed by atoms with Crippen molar-refractivity contribution in [2.75, 3.05) is 36.5 Å². The first-order valence-electron chi connectivity index (χ1n) is 7.35. The van der Waals surface area contributed by atoms with Crippen LogP contribution in [0.25, 0.3) is 0 Å². The predicted octanol–water partition coefficient (Wildman–Crippen LogP) is 2.03. The van der Waals surface area contributed by atoms with E-state index >= 15 is 0 Å². The average molecular weight is 353 g/mol. The van der Waals surface area contributed by atoms with E-state index in [-0.39, 0.29) is 11.9 Å². The van der Waals surface area contributed by atoms with E-state index in [1.807, 2.05) is 20.2 Å². The van der Waals surface area contributed by atoms with Crippen molar-refractivity contribution < 1.29 is 4.79 Å². The Morgan fingerprint density at radius 1 is 1.38 bits per heavy atom. The number of carbonyl (C=O) groups excluding carboxylic acids is 1. The summed E-state index contributed by atoms with van der Waals surface area (Å²) in [6.45, 7) is 8.99. The second-order valence-electron chi connectivity index (χ2n) is 6.10. The van der Waals surface area contributed by atoms with Crippen LogP contribution in [0.15, 0.2) is 10.7 Å². The smallest absolute Gasteiger partial charge is 0.250 e. The van der Waals surface area contributed by atoms with Gasteiger partial charge in [0.1, 0.15) is 6.04 Å². The Bertz CT molecular complexity index is 589. The van der Waals surface area contributed by atoms with E-state index in [1.54, 1.807) is 4.90 Å². The van der Waals surface area contributed by atoms with Crippen molar-refractivity contribution in [2.45, 2.75) is 32.9 Å². The van der Waals surface area contributed by atoms with Gasteiger partial charge in [-0.1, -0.05) is 0 Å². The highest BCUT2D eigenvalue weighted by Gasteiger charge is 2.42. The molecule has 2 aliphatic rings. The van der Waals surface area contributed by atoms with E-state index < -0.39 is 0 Å². The molecule has 1 aromatic rings. The number of halogens is 1. The van der Waals surface area contributed by atoms with Crippen LogP contribution in [0.1, 0.15) is 19.4 Å². The van der Waals surface area contributed by atoms with Crippen LogP contribution in [-0.2, 0) is 4.79 Å². The summed E-state index contributed by atoms with van der Waals surface area (Å²) in [7, 11) is 1.86. The Morgan fingerprint density at radius 3 is 2.76 bits per heavy atom. The second kappa shape index (κ2) is 5.25. The highest BCUT2D eigenvalue weighted by atomic mass is 79.9. The molecule has 1 fully saturated rings. The number of likely N-dealkylation sites (N-methyl/N-ethyl adjacent to an activating group) is 1. The first-order chi connectivity index (χ1) is 9.91. The average Bonchev–Trinajstić information content (AvgIpc) is 2.47. The number of hydrogen-bond donors (Lipinski definition) is 0. The number of rotatable bonds is 1. The van der Waals surface area contributed by atoms with Gasteiger partial charge in [-0.3, -0.25) is 9.69 Å². The number of amides is 1. The lowest BCUT2D eigenvalue weighted by molar-refractivity contribution is -0.121. The number of hydrogen-bond acceptors (Lipinski definition) is 4. The Labute approximate surface area is 134 Å². The summed E-state index contributed by atoms with van der Waals surface area (Å²) in [5.74, 6) is 1.10. The molecule has 0 aliphatic carbocycles. The summed E-state index contributed by atoms with van der Waals surface area (Å²) in [6, 6.07) is 0.345. The molecule has 5 nitrogen and oxygen atoms in total. The first-order valence-corrected chi connectivity index (χ1v) is 8.14. The topological polar surface area (TPSA) is 39.7 Å². The summed E-state index contributed by atoms with van der Waals surface area (Å²) in [6.07, 6.45) is 1.84. The van der Waals surface area contributed by atoms with Gasteiger partial charge in [-0.2, -0.15) is 0 Å². The molecule has 114 valence electrons. The minimum Gasteiger partial charge on any atom is -0.340 e. The summed E-state index contributed by atoms with van der Waals surface area (Å²) >= 11 is 3.51. The number of aromatic nitrogens is 1. The molecule has 6 heteroatoms. The molecule has 0 N–H and O–H groups in total. The van der Waals surface area contributed by atoms with E-state index in [1.165, 1.54) is 0 Å². The minimum atomic E-state index is -0.119. The van der Waals surface area contributed by atoms with Crippen molar-refractivity contribution in [3.05, 3.63) is 16.2 Å². The summed E-state index contributed by atoms with van der Waals surface area (Å²) in [5.41, 5.74) is 2.00. The van der Waals surface area contributed by atoms with Gasteiger partial charge in [0.05, 0.1) is 5.69 Å². The summed E-state index contributed by atoms with van der Waals surface area (Å²) in [5, 5.41) is 0. The van der Waals surface area contributed by atoms with Gasteiger partial charge in [0, 0.05) is 43.4 Å². The van der Waals surface area contributed by atoms with Crippen molar-refractivity contribution in [2.24, 2.45) is 0 Å². The van der Waals surface area contributed by atoms with Crippen LogP contribution < -0.4 is 9.80 Å². The Kier molecular flexibility index (Phi) is 3.69. The van der Waals surface area contributed by atoms with Gasteiger partial charge in [-0.15, -0.1) is 0 Å². The molecule has 3 heterocycles. The molecule has 1 atom stereocenters. The van der Waals surface area contributed by atoms with Gasteiger partial charge < -0.3 is 9.80 Å². The normalized spacial score (nSPS) is 22.6. The van der Waals surface area contributed by atoms with E-state index in [4.69, 9.17) is 0 Å². The van der Waals surface area contributed by atoms with E-state index in [2.05, 4.69) is 44.6 Å². The number of carbonyl (C=O) groups is 1. The monoisotopic (exact) mass is 352 g/mol. The predicted molar refractivity (Wildman–Crippen MR) is 87.9 cm³/mol. The van der Waals surface area contributed by atoms with E-state index in [9.17, 15) is 4.79 Å². The highest BCUT2D eigenvalue weighted by molar-refractivity contribution is 9.10. The van der Waals surface area contributed by atoms with Crippen LogP contribution in [0.5, 0.6) is 0 Å². The van der Waals surface area contributed by atoms with Crippen molar-refractivity contribution >= 4 is 33.3 Å². The largest absolute Gasteiger partial charge is 0.340 e. The third-order valence-electron chi connectivity index (χ3n) is 4.59. The lowest BCUT2D eigenvalue weighted by Crippen LogP contribution is -2.63. The second-order valence-corrected chi connectivity index (χ2v) is 6.95. The summed E-state index contributed by atoms with van der Waals surface area (Å²) < 4.78 is 0.945. The Balaban J connectivity index is 2.04. The lowest BCUT2D eigenvalue weighted by atomic mass is 10.0. The number of pyridine rings is 1. The molecule has 0 saturated carbocycles. The van der Waals surface area contributed by atoms with Crippen molar-refractivity contribution in [1.29, 1.82) is 0 Å². The molecule has 1 saturated heterocycles. The molecule has 0 aromatic carbocycles. The fourth-order valence-electron chi connectivity index (χ4n) is 3.24. The zero-order chi connectivity index (χ0) is 15.3. The zero-order valence-corrected chi connectivity index (χ0v) is 14.5. The van der Waals surface area contributed by atoms with Gasteiger partial charge in [0.2, 0.25) is 0 Å². The van der Waals surface area contributed by atoms with Gasteiger partial charge >= 0.3 is 0 Å². The van der Waals surface area contributed by atoms with Crippen molar-refractivity contribution in [1.82, 2.24) is 9.88 Å². The van der Waals surface area contributed by atoms with E-state index in [0.717, 1.165) is 41.2 Å². The van der Waals surface area contributed by atoms with Gasteiger partial charge in [0.15, 0.2) is 5.82 Å². The van der Waals surface area contributed by atoms with Crippen LogP contribution in [0.4, 0.5) is 11.5 Å². The molecule has 0 spiro atoms. The number of anilines is 2. The molecule has 2 aliphatic heterocycles. The van der Waals surface area contributed by atoms with Gasteiger partial charge in [-0.05, 0) is 42.3 Å². The number of nitrogens with zero attached hydrogens (tertiary/aromatic N) is 4. The van der Waals surface area contributed by atoms with Crippen LogP contribution in [-0.4, -0.2) is 54.6 Å². The fourth-order valence-corrected chi connectivity index (χ4v) is 3.53. The van der Waals surface area contributed by atoms with Gasteiger partial charge in [-0.25, -0.2) is 4.98 Å². The van der Waals surface area contributed by atoms with E-state index in [0.29, 0.717) is 6.04 Å². The first kappa shape index (κ1) is 14.8. The zero-order valence-electron chi connectivity index (χ0n) is 12.9. The SMILES string of the molecule is Cc1c(Br)cnc2c1N(C)C(=O)C1CN(C(C)C)CCN21.